The highest BCUT2D eigenvalue weighted by Gasteiger charge is 2.48. The van der Waals surface area contributed by atoms with Crippen molar-refractivity contribution in [1.29, 1.82) is 0 Å². The summed E-state index contributed by atoms with van der Waals surface area (Å²) in [6, 6.07) is 17.8. The van der Waals surface area contributed by atoms with Gasteiger partial charge in [0.15, 0.2) is 6.10 Å². The molecule has 1 N–H and O–H groups in total. The van der Waals surface area contributed by atoms with Crippen LogP contribution >= 0.6 is 0 Å². The van der Waals surface area contributed by atoms with E-state index in [9.17, 15) is 14.7 Å². The van der Waals surface area contributed by atoms with Gasteiger partial charge in [0.25, 0.3) is 0 Å². The zero-order valence-electron chi connectivity index (χ0n) is 21.5. The van der Waals surface area contributed by atoms with E-state index in [-0.39, 0.29) is 24.2 Å². The summed E-state index contributed by atoms with van der Waals surface area (Å²) < 4.78 is 12.4. The van der Waals surface area contributed by atoms with Crippen LogP contribution in [0.15, 0.2) is 60.7 Å². The van der Waals surface area contributed by atoms with Crippen molar-refractivity contribution in [3.05, 3.63) is 71.8 Å². The highest BCUT2D eigenvalue weighted by atomic mass is 16.6. The average Bonchev–Trinajstić information content (AvgIpc) is 2.94. The van der Waals surface area contributed by atoms with Crippen molar-refractivity contribution in [2.45, 2.75) is 62.7 Å². The summed E-state index contributed by atoms with van der Waals surface area (Å²) >= 11 is 0. The summed E-state index contributed by atoms with van der Waals surface area (Å²) in [6.07, 6.45) is 6.84. The van der Waals surface area contributed by atoms with Gasteiger partial charge in [0.05, 0.1) is 13.1 Å². The fourth-order valence-corrected chi connectivity index (χ4v) is 6.42. The molecule has 0 radical (unpaired) electrons. The molecule has 1 unspecified atom stereocenters. The van der Waals surface area contributed by atoms with Crippen molar-refractivity contribution in [2.24, 2.45) is 5.92 Å². The molecule has 0 spiro atoms. The van der Waals surface area contributed by atoms with Gasteiger partial charge < -0.3 is 24.4 Å². The number of nitrogens with one attached hydrogen (secondary N) is 1. The molecule has 0 aromatic heterocycles. The smallest absolute Gasteiger partial charge is 0.407 e. The number of ether oxygens (including phenoxy) is 2. The molecule has 3 heterocycles. The molecule has 2 bridgehead atoms. The number of piperidine rings is 3. The average molecular weight is 507 g/mol. The van der Waals surface area contributed by atoms with Gasteiger partial charge in [-0.1, -0.05) is 79.9 Å². The van der Waals surface area contributed by atoms with Crippen LogP contribution in [0.1, 0.15) is 56.1 Å². The Bertz CT molecular complexity index is 1010. The molecule has 4 fully saturated rings. The van der Waals surface area contributed by atoms with E-state index in [4.69, 9.17) is 9.47 Å². The monoisotopic (exact) mass is 506 g/mol. The Kier molecular flexibility index (Phi) is 7.81. The summed E-state index contributed by atoms with van der Waals surface area (Å²) in [5.41, 5.74) is -1.36. The second kappa shape index (κ2) is 11.2. The Balaban J connectivity index is 1.22. The van der Waals surface area contributed by atoms with E-state index in [1.165, 1.54) is 6.42 Å². The summed E-state index contributed by atoms with van der Waals surface area (Å²) in [5.74, 6) is -0.486. The first kappa shape index (κ1) is 25.7. The molecular formula is C30H38N2O5. The second-order valence-electron chi connectivity index (χ2n) is 11.0. The summed E-state index contributed by atoms with van der Waals surface area (Å²) in [6.45, 7) is 3.64. The highest BCUT2D eigenvalue weighted by molar-refractivity contribution is 5.85. The van der Waals surface area contributed by atoms with Crippen molar-refractivity contribution in [1.82, 2.24) is 5.32 Å². The normalized spacial score (nSPS) is 25.9. The molecule has 3 saturated heterocycles. The van der Waals surface area contributed by atoms with Gasteiger partial charge in [0, 0.05) is 30.4 Å². The van der Waals surface area contributed by atoms with Gasteiger partial charge in [-0.25, -0.2) is 4.79 Å². The Morgan fingerprint density at radius 3 is 2.08 bits per heavy atom. The van der Waals surface area contributed by atoms with Crippen LogP contribution in [-0.4, -0.2) is 61.5 Å². The number of hydrogen-bond acceptors (Lipinski definition) is 5. The quantitative estimate of drug-likeness (QED) is 0.437. The van der Waals surface area contributed by atoms with E-state index in [1.807, 2.05) is 12.1 Å². The van der Waals surface area contributed by atoms with Crippen molar-refractivity contribution in [3.8, 4) is 0 Å². The SMILES string of the molecule is O=C(NC1CCCCC1)OCC[N+]12CCC(CC1)C(OC(=O)C([O-])(c1ccccc1)c1ccccc1)C2. The van der Waals surface area contributed by atoms with Gasteiger partial charge in [-0.3, -0.25) is 4.79 Å². The van der Waals surface area contributed by atoms with Gasteiger partial charge in [-0.2, -0.15) is 0 Å². The van der Waals surface area contributed by atoms with Crippen LogP contribution in [0.4, 0.5) is 4.79 Å². The van der Waals surface area contributed by atoms with E-state index < -0.39 is 11.6 Å². The van der Waals surface area contributed by atoms with E-state index in [0.29, 0.717) is 30.8 Å². The number of benzene rings is 2. The molecule has 3 aliphatic heterocycles. The zero-order chi connectivity index (χ0) is 25.7. The molecule has 2 aromatic carbocycles. The number of fused-ring (bicyclic) bond motifs is 3. The van der Waals surface area contributed by atoms with Crippen LogP contribution in [0.2, 0.25) is 0 Å². The Morgan fingerprint density at radius 2 is 1.49 bits per heavy atom. The molecule has 1 aliphatic carbocycles. The lowest BCUT2D eigenvalue weighted by Gasteiger charge is -2.52. The molecular weight excluding hydrogens is 468 g/mol. The van der Waals surface area contributed by atoms with E-state index in [0.717, 1.165) is 56.1 Å². The lowest BCUT2D eigenvalue weighted by atomic mass is 9.82. The zero-order valence-corrected chi connectivity index (χ0v) is 21.5. The first-order valence-corrected chi connectivity index (χ1v) is 13.8. The van der Waals surface area contributed by atoms with Crippen LogP contribution in [0, 0.1) is 5.92 Å². The Hall–Kier alpha value is -2.90. The number of alkyl carbamates (subject to hydrolysis) is 1. The summed E-state index contributed by atoms with van der Waals surface area (Å²) in [7, 11) is 0. The lowest BCUT2D eigenvalue weighted by molar-refractivity contribution is -0.946. The van der Waals surface area contributed by atoms with E-state index in [1.54, 1.807) is 48.5 Å². The topological polar surface area (TPSA) is 87.7 Å². The molecule has 4 aliphatic rings. The maximum atomic E-state index is 14.2. The predicted molar refractivity (Wildman–Crippen MR) is 137 cm³/mol. The molecule has 7 heteroatoms. The molecule has 198 valence electrons. The van der Waals surface area contributed by atoms with Crippen LogP contribution < -0.4 is 10.4 Å². The van der Waals surface area contributed by atoms with Crippen molar-refractivity contribution in [3.63, 3.8) is 0 Å². The van der Waals surface area contributed by atoms with Crippen molar-refractivity contribution < 1.29 is 28.7 Å². The number of carbonyl (C=O) groups is 2. The minimum atomic E-state index is -2.13. The number of quaternary nitrogens is 1. The van der Waals surface area contributed by atoms with Crippen LogP contribution in [0.5, 0.6) is 0 Å². The number of amides is 1. The Labute approximate surface area is 219 Å². The summed E-state index contributed by atoms with van der Waals surface area (Å²) in [4.78, 5) is 25.9. The van der Waals surface area contributed by atoms with Crippen molar-refractivity contribution in [2.75, 3.05) is 32.8 Å². The predicted octanol–water partition coefficient (Wildman–Crippen LogP) is 3.50. The minimum absolute atomic E-state index is 0.226. The maximum absolute atomic E-state index is 14.2. The molecule has 1 saturated carbocycles. The molecule has 1 amide bonds. The van der Waals surface area contributed by atoms with Gasteiger partial charge in [0.2, 0.25) is 0 Å². The number of hydrogen-bond donors (Lipinski definition) is 1. The van der Waals surface area contributed by atoms with Gasteiger partial charge in [-0.15, -0.1) is 0 Å². The number of carbonyl (C=O) groups excluding carboxylic acids is 2. The number of rotatable bonds is 8. The third kappa shape index (κ3) is 5.68. The largest absolute Gasteiger partial charge is 0.834 e. The molecule has 37 heavy (non-hydrogen) atoms. The van der Waals surface area contributed by atoms with E-state index >= 15 is 0 Å². The lowest BCUT2D eigenvalue weighted by Crippen LogP contribution is -2.66. The molecule has 6 rings (SSSR count). The number of nitrogens with zero attached hydrogens (tertiary/aromatic N) is 1. The van der Waals surface area contributed by atoms with Gasteiger partial charge >= 0.3 is 12.1 Å². The first-order valence-electron chi connectivity index (χ1n) is 13.8. The standard InChI is InChI=1S/C30H38N2O5/c33-28(30(35,24-10-4-1-5-11-24)25-12-6-2-7-13-25)37-27-22-32(18-16-23(27)17-19-32)20-21-36-29(34)31-26-14-8-3-9-15-26/h1-2,4-7,10-13,23,26-27H,3,8-9,14-22H2,(H,31,34). The van der Waals surface area contributed by atoms with Crippen LogP contribution in [-0.2, 0) is 19.9 Å². The molecule has 2 aromatic rings. The molecule has 7 nitrogen and oxygen atoms in total. The Morgan fingerprint density at radius 1 is 0.892 bits per heavy atom. The molecule has 1 atom stereocenters. The maximum Gasteiger partial charge on any atom is 0.407 e. The van der Waals surface area contributed by atoms with E-state index in [2.05, 4.69) is 5.32 Å². The van der Waals surface area contributed by atoms with Crippen LogP contribution in [0.25, 0.3) is 0 Å². The minimum Gasteiger partial charge on any atom is -0.834 e. The number of esters is 1. The van der Waals surface area contributed by atoms with Gasteiger partial charge in [0.1, 0.15) is 19.7 Å². The third-order valence-electron chi connectivity index (χ3n) is 8.67. The highest BCUT2D eigenvalue weighted by Crippen LogP contribution is 2.37. The second-order valence-corrected chi connectivity index (χ2v) is 11.0. The van der Waals surface area contributed by atoms with Crippen LogP contribution in [0.3, 0.4) is 0 Å². The summed E-state index contributed by atoms with van der Waals surface area (Å²) in [5, 5.41) is 17.2. The fourth-order valence-electron chi connectivity index (χ4n) is 6.42. The van der Waals surface area contributed by atoms with Crippen molar-refractivity contribution >= 4 is 12.1 Å². The van der Waals surface area contributed by atoms with Gasteiger partial charge in [-0.05, 0) is 24.0 Å². The first-order chi connectivity index (χ1) is 18.0. The third-order valence-corrected chi connectivity index (χ3v) is 8.67. The fraction of sp³-hybridized carbons (Fsp3) is 0.533.